The number of hydrogen-bond acceptors (Lipinski definition) is 4. The molecule has 1 rings (SSSR count). The molecule has 1 aromatic carbocycles. The second-order valence-electron chi connectivity index (χ2n) is 4.12. The average Bonchev–Trinajstić information content (AvgIpc) is 2.19. The van der Waals surface area contributed by atoms with Gasteiger partial charge in [-0.1, -0.05) is 6.07 Å². The van der Waals surface area contributed by atoms with Crippen molar-refractivity contribution in [1.82, 2.24) is 0 Å². The SMILES string of the molecule is Cc1cc(C)c(OC(C)C(N)=O)c(S(N)(=O)=O)c1. The van der Waals surface area contributed by atoms with Crippen molar-refractivity contribution >= 4 is 15.9 Å². The van der Waals surface area contributed by atoms with Crippen LogP contribution in [0.15, 0.2) is 17.0 Å². The van der Waals surface area contributed by atoms with Gasteiger partial charge in [-0.15, -0.1) is 0 Å². The Morgan fingerprint density at radius 1 is 1.33 bits per heavy atom. The number of sulfonamides is 1. The smallest absolute Gasteiger partial charge is 0.258 e. The first-order valence-electron chi connectivity index (χ1n) is 5.23. The summed E-state index contributed by atoms with van der Waals surface area (Å²) >= 11 is 0. The molecule has 7 heteroatoms. The van der Waals surface area contributed by atoms with E-state index in [1.54, 1.807) is 19.9 Å². The van der Waals surface area contributed by atoms with Crippen molar-refractivity contribution in [2.45, 2.75) is 31.8 Å². The molecule has 0 aliphatic rings. The van der Waals surface area contributed by atoms with Crippen molar-refractivity contribution in [2.24, 2.45) is 10.9 Å². The Morgan fingerprint density at radius 3 is 2.33 bits per heavy atom. The second-order valence-corrected chi connectivity index (χ2v) is 5.65. The molecule has 0 heterocycles. The highest BCUT2D eigenvalue weighted by Crippen LogP contribution is 2.29. The fourth-order valence-corrected chi connectivity index (χ4v) is 2.33. The van der Waals surface area contributed by atoms with E-state index in [4.69, 9.17) is 15.6 Å². The number of hydrogen-bond donors (Lipinski definition) is 2. The van der Waals surface area contributed by atoms with E-state index >= 15 is 0 Å². The maximum atomic E-state index is 11.5. The molecule has 0 spiro atoms. The monoisotopic (exact) mass is 272 g/mol. The lowest BCUT2D eigenvalue weighted by Crippen LogP contribution is -2.31. The summed E-state index contributed by atoms with van der Waals surface area (Å²) in [6.07, 6.45) is -0.938. The molecule has 1 amide bonds. The summed E-state index contributed by atoms with van der Waals surface area (Å²) in [5.41, 5.74) is 6.39. The fraction of sp³-hybridized carbons (Fsp3) is 0.364. The van der Waals surface area contributed by atoms with Gasteiger partial charge < -0.3 is 10.5 Å². The largest absolute Gasteiger partial charge is 0.479 e. The summed E-state index contributed by atoms with van der Waals surface area (Å²) in [5.74, 6) is -0.621. The molecule has 18 heavy (non-hydrogen) atoms. The lowest BCUT2D eigenvalue weighted by molar-refractivity contribution is -0.124. The van der Waals surface area contributed by atoms with Gasteiger partial charge in [-0.3, -0.25) is 4.79 Å². The fourth-order valence-electron chi connectivity index (χ4n) is 1.51. The predicted molar refractivity (Wildman–Crippen MR) is 66.6 cm³/mol. The molecule has 0 aliphatic heterocycles. The highest BCUT2D eigenvalue weighted by Gasteiger charge is 2.21. The standard InChI is InChI=1S/C11H16N2O4S/c1-6-4-7(2)10(17-8(3)11(12)14)9(5-6)18(13,15)16/h4-5,8H,1-3H3,(H2,12,14)(H2,13,15,16). The van der Waals surface area contributed by atoms with Gasteiger partial charge in [0.15, 0.2) is 6.10 Å². The van der Waals surface area contributed by atoms with Crippen LogP contribution in [0.2, 0.25) is 0 Å². The predicted octanol–water partition coefficient (Wildman–Crippen LogP) is 0.203. The molecule has 0 bridgehead atoms. The van der Waals surface area contributed by atoms with E-state index in [-0.39, 0.29) is 10.6 Å². The van der Waals surface area contributed by atoms with E-state index in [2.05, 4.69) is 0 Å². The molecular formula is C11H16N2O4S. The van der Waals surface area contributed by atoms with Gasteiger partial charge in [-0.05, 0) is 38.0 Å². The maximum Gasteiger partial charge on any atom is 0.258 e. The number of ether oxygens (including phenoxy) is 1. The summed E-state index contributed by atoms with van der Waals surface area (Å²) in [5, 5.41) is 5.12. The molecule has 0 radical (unpaired) electrons. The lowest BCUT2D eigenvalue weighted by atomic mass is 10.1. The quantitative estimate of drug-likeness (QED) is 0.815. The van der Waals surface area contributed by atoms with Crippen molar-refractivity contribution in [3.63, 3.8) is 0 Å². The topological polar surface area (TPSA) is 112 Å². The Hall–Kier alpha value is -1.60. The van der Waals surface area contributed by atoms with Gasteiger partial charge in [0, 0.05) is 0 Å². The van der Waals surface area contributed by atoms with Crippen LogP contribution in [0.3, 0.4) is 0 Å². The van der Waals surface area contributed by atoms with Crippen LogP contribution in [0.25, 0.3) is 0 Å². The van der Waals surface area contributed by atoms with Crippen LogP contribution in [0.5, 0.6) is 5.75 Å². The molecule has 1 unspecified atom stereocenters. The number of carbonyl (C=O) groups excluding carboxylic acids is 1. The number of primary amides is 1. The van der Waals surface area contributed by atoms with Crippen molar-refractivity contribution in [3.8, 4) is 5.75 Å². The lowest BCUT2D eigenvalue weighted by Gasteiger charge is -2.17. The molecule has 0 saturated heterocycles. The number of carbonyl (C=O) groups is 1. The zero-order valence-corrected chi connectivity index (χ0v) is 11.2. The van der Waals surface area contributed by atoms with Crippen LogP contribution in [-0.4, -0.2) is 20.4 Å². The minimum Gasteiger partial charge on any atom is -0.479 e. The normalized spacial score (nSPS) is 13.1. The highest BCUT2D eigenvalue weighted by molar-refractivity contribution is 7.89. The summed E-state index contributed by atoms with van der Waals surface area (Å²) in [6.45, 7) is 4.85. The third-order valence-electron chi connectivity index (χ3n) is 2.39. The van der Waals surface area contributed by atoms with Gasteiger partial charge in [-0.2, -0.15) is 0 Å². The van der Waals surface area contributed by atoms with E-state index in [1.165, 1.54) is 13.0 Å². The van der Waals surface area contributed by atoms with E-state index in [1.807, 2.05) is 0 Å². The Labute approximate surface area is 106 Å². The summed E-state index contributed by atoms with van der Waals surface area (Å²) in [7, 11) is -3.93. The molecule has 0 fully saturated rings. The third kappa shape index (κ3) is 3.21. The number of benzene rings is 1. The molecule has 4 N–H and O–H groups in total. The van der Waals surface area contributed by atoms with Gasteiger partial charge in [-0.25, -0.2) is 13.6 Å². The van der Waals surface area contributed by atoms with Crippen molar-refractivity contribution < 1.29 is 17.9 Å². The number of primary sulfonamides is 1. The summed E-state index contributed by atoms with van der Waals surface area (Å²) in [4.78, 5) is 10.8. The van der Waals surface area contributed by atoms with Gasteiger partial charge in [0.05, 0.1) is 0 Å². The molecule has 1 aromatic rings. The summed E-state index contributed by atoms with van der Waals surface area (Å²) in [6, 6.07) is 3.13. The number of nitrogens with two attached hydrogens (primary N) is 2. The Balaban J connectivity index is 3.38. The van der Waals surface area contributed by atoms with Crippen LogP contribution in [-0.2, 0) is 14.8 Å². The molecule has 0 saturated carbocycles. The minimum absolute atomic E-state index is 0.0643. The molecule has 100 valence electrons. The first-order chi connectivity index (χ1) is 8.12. The molecular weight excluding hydrogens is 256 g/mol. The highest BCUT2D eigenvalue weighted by atomic mass is 32.2. The number of rotatable bonds is 4. The van der Waals surface area contributed by atoms with Crippen LogP contribution < -0.4 is 15.6 Å². The Morgan fingerprint density at radius 2 is 1.89 bits per heavy atom. The first kappa shape index (κ1) is 14.5. The van der Waals surface area contributed by atoms with Gasteiger partial charge in [0.2, 0.25) is 10.0 Å². The third-order valence-corrected chi connectivity index (χ3v) is 3.30. The molecule has 1 atom stereocenters. The van der Waals surface area contributed by atoms with E-state index in [9.17, 15) is 13.2 Å². The van der Waals surface area contributed by atoms with Gasteiger partial charge >= 0.3 is 0 Å². The van der Waals surface area contributed by atoms with Crippen molar-refractivity contribution in [3.05, 3.63) is 23.3 Å². The van der Waals surface area contributed by atoms with Crippen LogP contribution >= 0.6 is 0 Å². The zero-order chi connectivity index (χ0) is 14.1. The Bertz CT molecular complexity index is 581. The van der Waals surface area contributed by atoms with Gasteiger partial charge in [0.1, 0.15) is 10.6 Å². The van der Waals surface area contributed by atoms with E-state index in [0.29, 0.717) is 5.56 Å². The van der Waals surface area contributed by atoms with Crippen LogP contribution in [0.4, 0.5) is 0 Å². The average molecular weight is 272 g/mol. The number of amides is 1. The molecule has 0 aromatic heterocycles. The second kappa shape index (κ2) is 4.95. The number of aryl methyl sites for hydroxylation is 2. The van der Waals surface area contributed by atoms with Crippen molar-refractivity contribution in [1.29, 1.82) is 0 Å². The molecule has 0 aliphatic carbocycles. The first-order valence-corrected chi connectivity index (χ1v) is 6.77. The van der Waals surface area contributed by atoms with E-state index < -0.39 is 22.0 Å². The minimum atomic E-state index is -3.93. The van der Waals surface area contributed by atoms with Gasteiger partial charge in [0.25, 0.3) is 5.91 Å². The van der Waals surface area contributed by atoms with E-state index in [0.717, 1.165) is 5.56 Å². The van der Waals surface area contributed by atoms with Crippen molar-refractivity contribution in [2.75, 3.05) is 0 Å². The maximum absolute atomic E-state index is 11.5. The summed E-state index contributed by atoms with van der Waals surface area (Å²) < 4.78 is 28.3. The molecule has 6 nitrogen and oxygen atoms in total. The zero-order valence-electron chi connectivity index (χ0n) is 10.4. The van der Waals surface area contributed by atoms with Crippen LogP contribution in [0.1, 0.15) is 18.1 Å². The van der Waals surface area contributed by atoms with Crippen LogP contribution in [0, 0.1) is 13.8 Å². The Kier molecular flexibility index (Phi) is 3.98.